The van der Waals surface area contributed by atoms with Crippen molar-refractivity contribution in [2.75, 3.05) is 23.2 Å². The summed E-state index contributed by atoms with van der Waals surface area (Å²) < 4.78 is 12.7. The van der Waals surface area contributed by atoms with Crippen LogP contribution in [0.25, 0.3) is 22.3 Å². The van der Waals surface area contributed by atoms with E-state index in [2.05, 4.69) is 60.8 Å². The molecule has 302 valence electrons. The normalized spacial score (nSPS) is 13.1. The highest BCUT2D eigenvalue weighted by atomic mass is 79.9. The molecule has 1 saturated heterocycles. The number of hydrogen-bond acceptors (Lipinski definition) is 15. The van der Waals surface area contributed by atoms with E-state index in [0.717, 1.165) is 37.9 Å². The lowest BCUT2D eigenvalue weighted by molar-refractivity contribution is -0.116. The van der Waals surface area contributed by atoms with E-state index in [9.17, 15) is 9.59 Å². The molecule has 58 heavy (non-hydrogen) atoms. The van der Waals surface area contributed by atoms with Crippen LogP contribution in [0.5, 0.6) is 0 Å². The van der Waals surface area contributed by atoms with Crippen LogP contribution in [0, 0.1) is 0 Å². The first-order valence-electron chi connectivity index (χ1n) is 17.1. The van der Waals surface area contributed by atoms with E-state index in [4.69, 9.17) is 55.6 Å². The Bertz CT molecular complexity index is 2100. The number of anilines is 2. The van der Waals surface area contributed by atoms with Crippen molar-refractivity contribution in [3.05, 3.63) is 121 Å². The first kappa shape index (κ1) is 47.3. The van der Waals surface area contributed by atoms with Gasteiger partial charge in [0.25, 0.3) is 0 Å². The number of rotatable bonds is 7. The van der Waals surface area contributed by atoms with Gasteiger partial charge in [-0.1, -0.05) is 12.1 Å². The molecule has 7 heterocycles. The molecule has 1 fully saturated rings. The number of nitrogen functional groups attached to an aromatic ring is 2. The number of aromatic nitrogens is 9. The number of Topliss-reactive ketones (excluding diaryl/α,β-unsaturated/α-hetero) is 1. The average Bonchev–Trinajstić information content (AvgIpc) is 3.46. The number of nitrogens with two attached hydrogens (primary N) is 2. The summed E-state index contributed by atoms with van der Waals surface area (Å²) in [5, 5.41) is -0.508. The van der Waals surface area contributed by atoms with E-state index in [1.165, 1.54) is 19.0 Å². The molecular formula is C38H40BBrCl3N11O4. The molecule has 0 aromatic carbocycles. The summed E-state index contributed by atoms with van der Waals surface area (Å²) in [5.41, 5.74) is 15.7. The second kappa shape index (κ2) is 24.0. The highest BCUT2D eigenvalue weighted by Gasteiger charge is 2.51. The number of carbonyl (C=O) groups excluding carboxylic acids is 2. The van der Waals surface area contributed by atoms with E-state index < -0.39 is 5.24 Å². The summed E-state index contributed by atoms with van der Waals surface area (Å²) >= 11 is 18.2. The van der Waals surface area contributed by atoms with Crippen LogP contribution in [-0.4, -0.2) is 86.0 Å². The lowest BCUT2D eigenvalue weighted by Gasteiger charge is -2.32. The van der Waals surface area contributed by atoms with Crippen LogP contribution in [0.2, 0.25) is 0 Å². The molecule has 0 atom stereocenters. The standard InChI is InChI=1S/C12H10ClN3O.C11H17BN2O2.C9H8N4.C4H3BrN2.C2H2Cl2O/c13-4-12(17)3-11-2-1-9(7-16-11)10-5-14-8-15-6-10;1-10(2)11(3,4)16-12(15-10)8-5-6-9(13)14-7-8;10-9-2-1-7(5-13-9)8-3-11-6-12-4-8;5-4-1-6-3-7-2-4;3-1-2(4)5/h1-2,5-8H,3-4H2;5-7H,1-4H3,(H2,13,14);1-6H,(H2,10,13);1-3H;1H2. The molecular weight excluding hydrogens is 872 g/mol. The lowest BCUT2D eigenvalue weighted by atomic mass is 9.80. The largest absolute Gasteiger partial charge is 0.496 e. The summed E-state index contributed by atoms with van der Waals surface area (Å²) in [6, 6.07) is 11.0. The third kappa shape index (κ3) is 16.4. The molecule has 1 aliphatic heterocycles. The maximum atomic E-state index is 11.1. The van der Waals surface area contributed by atoms with E-state index in [1.807, 2.05) is 52.0 Å². The van der Waals surface area contributed by atoms with Crippen LogP contribution < -0.4 is 16.9 Å². The molecule has 7 rings (SSSR count). The Kier molecular flexibility index (Phi) is 19.6. The second-order valence-corrected chi connectivity index (χ2v) is 14.6. The van der Waals surface area contributed by atoms with Crippen molar-refractivity contribution in [2.45, 2.75) is 45.3 Å². The fraction of sp³-hybridized carbons (Fsp3) is 0.237. The average molecular weight is 912 g/mol. The lowest BCUT2D eigenvalue weighted by Crippen LogP contribution is -2.41. The van der Waals surface area contributed by atoms with Crippen molar-refractivity contribution in [1.82, 2.24) is 44.9 Å². The fourth-order valence-corrected chi connectivity index (χ4v) is 4.57. The molecule has 6 aromatic rings. The van der Waals surface area contributed by atoms with E-state index in [0.29, 0.717) is 11.6 Å². The number of hydrogen-bond donors (Lipinski definition) is 2. The van der Waals surface area contributed by atoms with Crippen LogP contribution in [0.1, 0.15) is 33.4 Å². The van der Waals surface area contributed by atoms with Crippen molar-refractivity contribution in [1.29, 1.82) is 0 Å². The zero-order chi connectivity index (χ0) is 42.6. The Morgan fingerprint density at radius 3 is 1.40 bits per heavy atom. The zero-order valence-electron chi connectivity index (χ0n) is 31.9. The van der Waals surface area contributed by atoms with Gasteiger partial charge in [0, 0.05) is 95.6 Å². The molecule has 0 bridgehead atoms. The van der Waals surface area contributed by atoms with Gasteiger partial charge in [-0.3, -0.25) is 14.6 Å². The van der Waals surface area contributed by atoms with Crippen LogP contribution in [0.3, 0.4) is 0 Å². The van der Waals surface area contributed by atoms with Gasteiger partial charge in [-0.2, -0.15) is 0 Å². The zero-order valence-corrected chi connectivity index (χ0v) is 35.8. The quantitative estimate of drug-likeness (QED) is 0.103. The number of nitrogens with zero attached hydrogens (tertiary/aromatic N) is 9. The molecule has 4 N–H and O–H groups in total. The van der Waals surface area contributed by atoms with Gasteiger partial charge in [-0.05, 0) is 79.5 Å². The van der Waals surface area contributed by atoms with Gasteiger partial charge in [-0.15, -0.1) is 23.2 Å². The Morgan fingerprint density at radius 1 is 0.621 bits per heavy atom. The number of halogens is 4. The van der Waals surface area contributed by atoms with Gasteiger partial charge in [0.05, 0.1) is 27.4 Å². The summed E-state index contributed by atoms with van der Waals surface area (Å²) in [6.45, 7) is 8.10. The highest BCUT2D eigenvalue weighted by Crippen LogP contribution is 2.36. The molecule has 20 heteroatoms. The van der Waals surface area contributed by atoms with Crippen LogP contribution >= 0.6 is 50.7 Å². The molecule has 0 unspecified atom stereocenters. The monoisotopic (exact) mass is 909 g/mol. The summed E-state index contributed by atoms with van der Waals surface area (Å²) in [6.07, 6.45) is 20.1. The Morgan fingerprint density at radius 2 is 1.05 bits per heavy atom. The Labute approximate surface area is 360 Å². The minimum absolute atomic E-state index is 0.0238. The van der Waals surface area contributed by atoms with Gasteiger partial charge in [0.15, 0.2) is 5.78 Å². The van der Waals surface area contributed by atoms with Gasteiger partial charge in [-0.25, -0.2) is 39.9 Å². The molecule has 0 spiro atoms. The van der Waals surface area contributed by atoms with Gasteiger partial charge >= 0.3 is 7.12 Å². The van der Waals surface area contributed by atoms with E-state index >= 15 is 0 Å². The second-order valence-electron chi connectivity index (χ2n) is 12.8. The van der Waals surface area contributed by atoms with Crippen LogP contribution in [0.15, 0.2) is 116 Å². The predicted molar refractivity (Wildman–Crippen MR) is 230 cm³/mol. The molecule has 1 aliphatic rings. The third-order valence-electron chi connectivity index (χ3n) is 7.90. The maximum Gasteiger partial charge on any atom is 0.496 e. The molecule has 6 aromatic heterocycles. The number of alkyl halides is 2. The Balaban J connectivity index is 0.000000205. The van der Waals surface area contributed by atoms with Gasteiger partial charge in [0.1, 0.15) is 30.6 Å². The van der Waals surface area contributed by atoms with Gasteiger partial charge < -0.3 is 20.8 Å². The van der Waals surface area contributed by atoms with Crippen LogP contribution in [0.4, 0.5) is 11.6 Å². The molecule has 0 aliphatic carbocycles. The minimum Gasteiger partial charge on any atom is -0.399 e. The molecule has 0 radical (unpaired) electrons. The highest BCUT2D eigenvalue weighted by molar-refractivity contribution is 9.10. The fourth-order valence-electron chi connectivity index (χ4n) is 4.24. The molecule has 0 amide bonds. The first-order valence-corrected chi connectivity index (χ1v) is 19.3. The number of ketones is 1. The topological polar surface area (TPSA) is 221 Å². The van der Waals surface area contributed by atoms with E-state index in [-0.39, 0.29) is 42.3 Å². The van der Waals surface area contributed by atoms with E-state index in [1.54, 1.807) is 67.9 Å². The maximum absolute atomic E-state index is 11.1. The molecule has 15 nitrogen and oxygen atoms in total. The molecule has 0 saturated carbocycles. The van der Waals surface area contributed by atoms with Gasteiger partial charge in [0.2, 0.25) is 5.24 Å². The van der Waals surface area contributed by atoms with Crippen molar-refractivity contribution in [3.63, 3.8) is 0 Å². The van der Waals surface area contributed by atoms with Crippen molar-refractivity contribution >= 4 is 86.0 Å². The van der Waals surface area contributed by atoms with Crippen molar-refractivity contribution < 1.29 is 18.9 Å². The summed E-state index contributed by atoms with van der Waals surface area (Å²) in [7, 11) is -0.363. The Hall–Kier alpha value is -5.04. The minimum atomic E-state index is -0.508. The third-order valence-corrected chi connectivity index (χ3v) is 9.12. The summed E-state index contributed by atoms with van der Waals surface area (Å²) in [5.74, 6) is 0.910. The van der Waals surface area contributed by atoms with Crippen molar-refractivity contribution in [3.8, 4) is 22.3 Å². The number of carbonyl (C=O) groups is 2. The smallest absolute Gasteiger partial charge is 0.399 e. The SMILES string of the molecule is Brc1cncnc1.CC1(C)OB(c2ccc(N)nc2)OC1(C)C.Nc1ccc(-c2cncnc2)cn1.O=C(CCl)Cc1ccc(-c2cncnc2)cn1.O=C(Cl)CCl. The van der Waals surface area contributed by atoms with Crippen molar-refractivity contribution in [2.24, 2.45) is 0 Å². The predicted octanol–water partition coefficient (Wildman–Crippen LogP) is 6.20. The number of pyridine rings is 3. The van der Waals surface area contributed by atoms with Crippen LogP contribution in [-0.2, 0) is 25.3 Å². The summed E-state index contributed by atoms with van der Waals surface area (Å²) in [4.78, 5) is 56.0. The first-order chi connectivity index (χ1) is 27.6.